The lowest BCUT2D eigenvalue weighted by Crippen LogP contribution is -2.46. The molecule has 1 fully saturated rings. The van der Waals surface area contributed by atoms with Gasteiger partial charge in [-0.2, -0.15) is 0 Å². The van der Waals surface area contributed by atoms with Gasteiger partial charge in [-0.05, 0) is 30.7 Å². The van der Waals surface area contributed by atoms with E-state index in [-0.39, 0.29) is 17.5 Å². The van der Waals surface area contributed by atoms with Gasteiger partial charge in [0.1, 0.15) is 0 Å². The van der Waals surface area contributed by atoms with Crippen LogP contribution in [0.3, 0.4) is 0 Å². The largest absolute Gasteiger partial charge is 0.294 e. The Labute approximate surface area is 118 Å². The Hall–Kier alpha value is -0.290. The van der Waals surface area contributed by atoms with E-state index in [9.17, 15) is 8.42 Å². The zero-order chi connectivity index (χ0) is 13.3. The number of rotatable bonds is 2. The SMILES string of the molecule is CC1CS(=O)(=O)CCN1Cc1cc(Cl)ccc1Cl. The van der Waals surface area contributed by atoms with Crippen molar-refractivity contribution >= 4 is 33.0 Å². The Balaban J connectivity index is 2.12. The Morgan fingerprint density at radius 3 is 2.78 bits per heavy atom. The third-order valence-electron chi connectivity index (χ3n) is 3.19. The Kier molecular flexibility index (Phi) is 4.22. The van der Waals surface area contributed by atoms with Crippen molar-refractivity contribution in [2.45, 2.75) is 19.5 Å². The molecule has 0 radical (unpaired) electrons. The second kappa shape index (κ2) is 5.37. The minimum Gasteiger partial charge on any atom is -0.294 e. The number of hydrogen-bond donors (Lipinski definition) is 0. The summed E-state index contributed by atoms with van der Waals surface area (Å²) in [5.74, 6) is 0.431. The first kappa shape index (κ1) is 14.1. The van der Waals surface area contributed by atoms with E-state index in [4.69, 9.17) is 23.2 Å². The van der Waals surface area contributed by atoms with Crippen LogP contribution in [0.5, 0.6) is 0 Å². The van der Waals surface area contributed by atoms with E-state index in [1.54, 1.807) is 12.1 Å². The molecule has 0 bridgehead atoms. The van der Waals surface area contributed by atoms with Gasteiger partial charge in [-0.1, -0.05) is 23.2 Å². The van der Waals surface area contributed by atoms with Gasteiger partial charge >= 0.3 is 0 Å². The molecule has 1 heterocycles. The molecule has 0 aromatic heterocycles. The summed E-state index contributed by atoms with van der Waals surface area (Å²) in [6.45, 7) is 3.11. The third kappa shape index (κ3) is 3.38. The van der Waals surface area contributed by atoms with Crippen LogP contribution in [0.1, 0.15) is 12.5 Å². The molecule has 1 aliphatic heterocycles. The lowest BCUT2D eigenvalue weighted by molar-refractivity contribution is 0.218. The molecule has 3 nitrogen and oxygen atoms in total. The summed E-state index contributed by atoms with van der Waals surface area (Å²) in [6, 6.07) is 5.36. The molecular formula is C12H15Cl2NO2S. The number of hydrogen-bond acceptors (Lipinski definition) is 3. The minimum atomic E-state index is -2.88. The van der Waals surface area contributed by atoms with Crippen molar-refractivity contribution in [3.63, 3.8) is 0 Å². The van der Waals surface area contributed by atoms with Crippen LogP contribution in [0.4, 0.5) is 0 Å². The van der Waals surface area contributed by atoms with E-state index in [2.05, 4.69) is 4.90 Å². The molecule has 1 aliphatic rings. The smallest absolute Gasteiger partial charge is 0.153 e. The minimum absolute atomic E-state index is 0.0128. The van der Waals surface area contributed by atoms with E-state index in [0.717, 1.165) is 5.56 Å². The van der Waals surface area contributed by atoms with Gasteiger partial charge in [0, 0.05) is 29.2 Å². The van der Waals surface area contributed by atoms with Crippen molar-refractivity contribution in [1.82, 2.24) is 4.90 Å². The molecule has 1 aromatic carbocycles. The van der Waals surface area contributed by atoms with E-state index < -0.39 is 9.84 Å². The predicted octanol–water partition coefficient (Wildman–Crippen LogP) is 2.61. The number of nitrogens with zero attached hydrogens (tertiary/aromatic N) is 1. The van der Waals surface area contributed by atoms with Crippen LogP contribution in [0.15, 0.2) is 18.2 Å². The molecule has 1 unspecified atom stereocenters. The third-order valence-corrected chi connectivity index (χ3v) is 5.59. The fraction of sp³-hybridized carbons (Fsp3) is 0.500. The van der Waals surface area contributed by atoms with Crippen LogP contribution in [0, 0.1) is 0 Å². The molecule has 0 aliphatic carbocycles. The van der Waals surface area contributed by atoms with Gasteiger partial charge in [-0.15, -0.1) is 0 Å². The van der Waals surface area contributed by atoms with Gasteiger partial charge in [0.2, 0.25) is 0 Å². The fourth-order valence-electron chi connectivity index (χ4n) is 2.15. The van der Waals surface area contributed by atoms with Crippen LogP contribution in [-0.2, 0) is 16.4 Å². The number of benzene rings is 1. The van der Waals surface area contributed by atoms with Gasteiger partial charge in [-0.25, -0.2) is 8.42 Å². The van der Waals surface area contributed by atoms with E-state index >= 15 is 0 Å². The lowest BCUT2D eigenvalue weighted by atomic mass is 10.2. The summed E-state index contributed by atoms with van der Waals surface area (Å²) in [5, 5.41) is 1.31. The normalized spacial score (nSPS) is 24.1. The highest BCUT2D eigenvalue weighted by molar-refractivity contribution is 7.91. The van der Waals surface area contributed by atoms with Crippen LogP contribution < -0.4 is 0 Å². The molecule has 6 heteroatoms. The lowest BCUT2D eigenvalue weighted by Gasteiger charge is -2.33. The highest BCUT2D eigenvalue weighted by Crippen LogP contribution is 2.24. The standard InChI is InChI=1S/C12H15Cl2NO2S/c1-9-8-18(16,17)5-4-15(9)7-10-6-11(13)2-3-12(10)14/h2-3,6,9H,4-5,7-8H2,1H3. The van der Waals surface area contributed by atoms with Gasteiger partial charge in [0.05, 0.1) is 11.5 Å². The zero-order valence-electron chi connectivity index (χ0n) is 10.1. The topological polar surface area (TPSA) is 37.4 Å². The number of sulfone groups is 1. The van der Waals surface area contributed by atoms with Gasteiger partial charge in [0.15, 0.2) is 9.84 Å². The summed E-state index contributed by atoms with van der Waals surface area (Å²) in [7, 11) is -2.88. The summed E-state index contributed by atoms with van der Waals surface area (Å²) in [5.41, 5.74) is 0.940. The van der Waals surface area contributed by atoms with Crippen molar-refractivity contribution in [1.29, 1.82) is 0 Å². The van der Waals surface area contributed by atoms with Gasteiger partial charge < -0.3 is 0 Å². The van der Waals surface area contributed by atoms with Gasteiger partial charge in [0.25, 0.3) is 0 Å². The maximum atomic E-state index is 11.5. The van der Waals surface area contributed by atoms with Crippen molar-refractivity contribution in [3.05, 3.63) is 33.8 Å². The maximum Gasteiger partial charge on any atom is 0.153 e. The Morgan fingerprint density at radius 2 is 2.11 bits per heavy atom. The monoisotopic (exact) mass is 307 g/mol. The van der Waals surface area contributed by atoms with Crippen molar-refractivity contribution < 1.29 is 8.42 Å². The molecule has 1 saturated heterocycles. The average molecular weight is 308 g/mol. The molecule has 0 spiro atoms. The molecule has 1 aromatic rings. The number of halogens is 2. The first-order valence-corrected chi connectivity index (χ1v) is 8.33. The molecule has 0 saturated carbocycles. The predicted molar refractivity (Wildman–Crippen MR) is 75.0 cm³/mol. The van der Waals surface area contributed by atoms with Crippen molar-refractivity contribution in [2.75, 3.05) is 18.1 Å². The fourth-order valence-corrected chi connectivity index (χ4v) is 4.15. The van der Waals surface area contributed by atoms with Crippen LogP contribution in [0.2, 0.25) is 10.0 Å². The summed E-state index contributed by atoms with van der Waals surface area (Å²) in [6.07, 6.45) is 0. The van der Waals surface area contributed by atoms with Crippen LogP contribution in [-0.4, -0.2) is 37.4 Å². The summed E-state index contributed by atoms with van der Waals surface area (Å²) in [4.78, 5) is 2.12. The van der Waals surface area contributed by atoms with E-state index in [1.165, 1.54) is 0 Å². The van der Waals surface area contributed by atoms with E-state index in [1.807, 2.05) is 13.0 Å². The molecule has 1 atom stereocenters. The quantitative estimate of drug-likeness (QED) is 0.843. The Morgan fingerprint density at radius 1 is 1.39 bits per heavy atom. The maximum absolute atomic E-state index is 11.5. The summed E-state index contributed by atoms with van der Waals surface area (Å²) >= 11 is 12.1. The van der Waals surface area contributed by atoms with Crippen LogP contribution in [0.25, 0.3) is 0 Å². The summed E-state index contributed by atoms with van der Waals surface area (Å²) < 4.78 is 23.0. The highest BCUT2D eigenvalue weighted by Gasteiger charge is 2.28. The molecule has 2 rings (SSSR count). The second-order valence-corrected chi connectivity index (χ2v) is 7.74. The van der Waals surface area contributed by atoms with Crippen LogP contribution >= 0.6 is 23.2 Å². The molecular weight excluding hydrogens is 293 g/mol. The van der Waals surface area contributed by atoms with Crippen molar-refractivity contribution in [2.24, 2.45) is 0 Å². The molecule has 0 N–H and O–H groups in total. The molecule has 100 valence electrons. The van der Waals surface area contributed by atoms with Crippen molar-refractivity contribution in [3.8, 4) is 0 Å². The first-order chi connectivity index (χ1) is 8.37. The molecule has 18 heavy (non-hydrogen) atoms. The highest BCUT2D eigenvalue weighted by atomic mass is 35.5. The average Bonchev–Trinajstić information content (AvgIpc) is 2.26. The molecule has 0 amide bonds. The second-order valence-electron chi connectivity index (χ2n) is 4.67. The zero-order valence-corrected chi connectivity index (χ0v) is 12.4. The Bertz CT molecular complexity index is 545. The van der Waals surface area contributed by atoms with Gasteiger partial charge in [-0.3, -0.25) is 4.90 Å². The first-order valence-electron chi connectivity index (χ1n) is 5.76. The van der Waals surface area contributed by atoms with E-state index in [0.29, 0.717) is 23.1 Å².